The number of nitrogens with zero attached hydrogens (tertiary/aromatic N) is 5. The first-order valence-electron chi connectivity index (χ1n) is 7.90. The summed E-state index contributed by atoms with van der Waals surface area (Å²) in [4.78, 5) is 10.1. The second-order valence-corrected chi connectivity index (χ2v) is 5.83. The number of hydrogen-bond donors (Lipinski definition) is 0. The zero-order valence-electron chi connectivity index (χ0n) is 14.2. The van der Waals surface area contributed by atoms with E-state index in [9.17, 15) is 8.78 Å². The van der Waals surface area contributed by atoms with Crippen molar-refractivity contribution in [2.24, 2.45) is 7.05 Å². The molecule has 7 heteroatoms. The van der Waals surface area contributed by atoms with Crippen molar-refractivity contribution in [3.63, 3.8) is 0 Å². The van der Waals surface area contributed by atoms with Gasteiger partial charge in [0, 0.05) is 26.6 Å². The van der Waals surface area contributed by atoms with Gasteiger partial charge in [0.15, 0.2) is 11.6 Å². The third-order valence-corrected chi connectivity index (χ3v) is 4.14. The van der Waals surface area contributed by atoms with Crippen LogP contribution in [0.1, 0.15) is 24.7 Å². The Bertz CT molecular complexity index is 964. The number of halogens is 2. The molecule has 0 radical (unpaired) electrons. The molecule has 2 aromatic heterocycles. The van der Waals surface area contributed by atoms with E-state index in [1.54, 1.807) is 18.3 Å². The molecular formula is C18H17F2N5. The van der Waals surface area contributed by atoms with Crippen molar-refractivity contribution in [1.82, 2.24) is 14.5 Å². The average Bonchev–Trinajstić information content (AvgIpc) is 2.90. The number of nitriles is 1. The number of rotatable bonds is 4. The Labute approximate surface area is 144 Å². The maximum Gasteiger partial charge on any atom is 0.151 e. The van der Waals surface area contributed by atoms with Crippen LogP contribution < -0.4 is 4.90 Å². The van der Waals surface area contributed by atoms with Gasteiger partial charge in [0.2, 0.25) is 0 Å². The van der Waals surface area contributed by atoms with E-state index in [1.165, 1.54) is 11.9 Å². The highest BCUT2D eigenvalue weighted by Gasteiger charge is 2.19. The highest BCUT2D eigenvalue weighted by atomic mass is 19.1. The van der Waals surface area contributed by atoms with Crippen LogP contribution in [0.3, 0.4) is 0 Å². The van der Waals surface area contributed by atoms with Gasteiger partial charge in [-0.1, -0.05) is 6.92 Å². The minimum atomic E-state index is -0.808. The second kappa shape index (κ2) is 6.48. The maximum atomic E-state index is 14.3. The topological polar surface area (TPSA) is 57.7 Å². The molecule has 5 nitrogen and oxygen atoms in total. The summed E-state index contributed by atoms with van der Waals surface area (Å²) in [5.74, 6) is -0.286. The molecule has 25 heavy (non-hydrogen) atoms. The molecule has 0 saturated heterocycles. The van der Waals surface area contributed by atoms with E-state index in [0.717, 1.165) is 41.8 Å². The molecule has 3 rings (SSSR count). The van der Waals surface area contributed by atoms with Crippen LogP contribution in [0.5, 0.6) is 0 Å². The SMILES string of the molecule is CCCc1nc2cnc(N(C)c3c(F)cc(C#N)cc3F)cc2n1C. The van der Waals surface area contributed by atoms with Gasteiger partial charge >= 0.3 is 0 Å². The summed E-state index contributed by atoms with van der Waals surface area (Å²) in [6.07, 6.45) is 3.41. The van der Waals surface area contributed by atoms with E-state index in [2.05, 4.69) is 16.9 Å². The van der Waals surface area contributed by atoms with Gasteiger partial charge in [0.05, 0.1) is 23.3 Å². The second-order valence-electron chi connectivity index (χ2n) is 5.83. The molecule has 0 aliphatic carbocycles. The van der Waals surface area contributed by atoms with Crippen LogP contribution in [0.25, 0.3) is 11.0 Å². The molecule has 3 aromatic rings. The molecule has 0 bridgehead atoms. The van der Waals surface area contributed by atoms with Gasteiger partial charge in [-0.3, -0.25) is 0 Å². The minimum Gasteiger partial charge on any atom is -0.331 e. The number of imidazole rings is 1. The lowest BCUT2D eigenvalue weighted by molar-refractivity contribution is 0.583. The van der Waals surface area contributed by atoms with Gasteiger partial charge < -0.3 is 9.47 Å². The number of fused-ring (bicyclic) bond motifs is 1. The molecule has 2 heterocycles. The van der Waals surface area contributed by atoms with Crippen LogP contribution in [0.4, 0.5) is 20.3 Å². The van der Waals surface area contributed by atoms with Gasteiger partial charge in [0.1, 0.15) is 22.8 Å². The highest BCUT2D eigenvalue weighted by Crippen LogP contribution is 2.30. The van der Waals surface area contributed by atoms with Gasteiger partial charge in [-0.2, -0.15) is 5.26 Å². The molecule has 128 valence electrons. The first-order chi connectivity index (χ1) is 12.0. The van der Waals surface area contributed by atoms with Crippen molar-refractivity contribution in [3.05, 3.63) is 47.4 Å². The molecule has 0 fully saturated rings. The molecule has 0 unspecified atom stereocenters. The first-order valence-corrected chi connectivity index (χ1v) is 7.90. The Balaban J connectivity index is 2.07. The third-order valence-electron chi connectivity index (χ3n) is 4.14. The summed E-state index contributed by atoms with van der Waals surface area (Å²) in [5.41, 5.74) is 1.27. The van der Waals surface area contributed by atoms with Crippen molar-refractivity contribution >= 4 is 22.5 Å². The smallest absolute Gasteiger partial charge is 0.151 e. The predicted molar refractivity (Wildman–Crippen MR) is 91.6 cm³/mol. The quantitative estimate of drug-likeness (QED) is 0.723. The average molecular weight is 341 g/mol. The van der Waals surface area contributed by atoms with Crippen molar-refractivity contribution in [1.29, 1.82) is 5.26 Å². The lowest BCUT2D eigenvalue weighted by atomic mass is 10.2. The Morgan fingerprint density at radius 1 is 1.24 bits per heavy atom. The maximum absolute atomic E-state index is 14.3. The van der Waals surface area contributed by atoms with Crippen LogP contribution in [0.15, 0.2) is 24.4 Å². The Morgan fingerprint density at radius 2 is 1.92 bits per heavy atom. The van der Waals surface area contributed by atoms with E-state index >= 15 is 0 Å². The normalized spacial score (nSPS) is 10.9. The van der Waals surface area contributed by atoms with Crippen molar-refractivity contribution in [2.45, 2.75) is 19.8 Å². The number of benzene rings is 1. The molecule has 0 atom stereocenters. The Hall–Kier alpha value is -3.01. The largest absolute Gasteiger partial charge is 0.331 e. The molecular weight excluding hydrogens is 324 g/mol. The van der Waals surface area contributed by atoms with Crippen LogP contribution in [0.2, 0.25) is 0 Å². The first kappa shape index (κ1) is 16.8. The number of anilines is 2. The molecule has 0 aliphatic heterocycles. The van der Waals surface area contributed by atoms with E-state index < -0.39 is 11.6 Å². The summed E-state index contributed by atoms with van der Waals surface area (Å²) < 4.78 is 30.5. The van der Waals surface area contributed by atoms with Crippen molar-refractivity contribution in [2.75, 3.05) is 11.9 Å². The Morgan fingerprint density at radius 3 is 2.52 bits per heavy atom. The molecule has 1 aromatic carbocycles. The number of hydrogen-bond acceptors (Lipinski definition) is 4. The molecule has 0 spiro atoms. The zero-order chi connectivity index (χ0) is 18.1. The van der Waals surface area contributed by atoms with Crippen LogP contribution in [-0.2, 0) is 13.5 Å². The summed E-state index contributed by atoms with van der Waals surface area (Å²) in [5, 5.41) is 8.81. The fourth-order valence-corrected chi connectivity index (χ4v) is 2.83. The molecule has 0 N–H and O–H groups in total. The lowest BCUT2D eigenvalue weighted by Crippen LogP contribution is -2.15. The fraction of sp³-hybridized carbons (Fsp3) is 0.278. The monoisotopic (exact) mass is 341 g/mol. The van der Waals surface area contributed by atoms with Crippen LogP contribution in [0, 0.1) is 23.0 Å². The number of aromatic nitrogens is 3. The summed E-state index contributed by atoms with van der Waals surface area (Å²) in [6, 6.07) is 5.51. The standard InChI is InChI=1S/C18H17F2N5/c1-4-5-16-23-14-10-22-17(8-15(14)24(16)2)25(3)18-12(19)6-11(9-21)7-13(18)20/h6-8,10H,4-5H2,1-3H3. The minimum absolute atomic E-state index is 0.0635. The van der Waals surface area contributed by atoms with E-state index in [0.29, 0.717) is 5.82 Å². The van der Waals surface area contributed by atoms with E-state index in [-0.39, 0.29) is 11.3 Å². The van der Waals surface area contributed by atoms with Crippen LogP contribution in [-0.4, -0.2) is 21.6 Å². The predicted octanol–water partition coefficient (Wildman–Crippen LogP) is 3.84. The zero-order valence-corrected chi connectivity index (χ0v) is 14.2. The van der Waals surface area contributed by atoms with Crippen LogP contribution >= 0.6 is 0 Å². The van der Waals surface area contributed by atoms with Gasteiger partial charge in [-0.05, 0) is 18.6 Å². The number of pyridine rings is 1. The third kappa shape index (κ3) is 2.91. The summed E-state index contributed by atoms with van der Waals surface area (Å²) >= 11 is 0. The Kier molecular flexibility index (Phi) is 4.36. The lowest BCUT2D eigenvalue weighted by Gasteiger charge is -2.20. The fourth-order valence-electron chi connectivity index (χ4n) is 2.83. The highest BCUT2D eigenvalue weighted by molar-refractivity contribution is 5.79. The van der Waals surface area contributed by atoms with Gasteiger partial charge in [-0.15, -0.1) is 0 Å². The molecule has 0 amide bonds. The van der Waals surface area contributed by atoms with E-state index in [4.69, 9.17) is 5.26 Å². The summed E-state index contributed by atoms with van der Waals surface area (Å²) in [7, 11) is 3.44. The van der Waals surface area contributed by atoms with Gasteiger partial charge in [0.25, 0.3) is 0 Å². The molecule has 0 saturated carbocycles. The summed E-state index contributed by atoms with van der Waals surface area (Å²) in [6.45, 7) is 2.08. The van der Waals surface area contributed by atoms with Gasteiger partial charge in [-0.25, -0.2) is 18.7 Å². The number of aryl methyl sites for hydroxylation is 2. The van der Waals surface area contributed by atoms with Crippen molar-refractivity contribution in [3.8, 4) is 6.07 Å². The molecule has 0 aliphatic rings. The van der Waals surface area contributed by atoms with Crippen molar-refractivity contribution < 1.29 is 8.78 Å². The van der Waals surface area contributed by atoms with E-state index in [1.807, 2.05) is 11.6 Å².